The van der Waals surface area contributed by atoms with E-state index in [1.54, 1.807) is 0 Å². The van der Waals surface area contributed by atoms with Gasteiger partial charge in [-0.25, -0.2) is 0 Å². The Balaban J connectivity index is 1.86. The smallest absolute Gasteiger partial charge is 0.242 e. The van der Waals surface area contributed by atoms with E-state index in [1.165, 1.54) is 5.56 Å². The second-order valence-corrected chi connectivity index (χ2v) is 5.11. The average molecular weight is 248 g/mol. The first kappa shape index (κ1) is 12.9. The molecule has 0 bridgehead atoms. The van der Waals surface area contributed by atoms with E-state index in [1.807, 2.05) is 38.1 Å². The zero-order valence-corrected chi connectivity index (χ0v) is 10.8. The van der Waals surface area contributed by atoms with Crippen molar-refractivity contribution in [2.45, 2.75) is 32.4 Å². The minimum atomic E-state index is -0.488. The van der Waals surface area contributed by atoms with E-state index >= 15 is 0 Å². The third kappa shape index (κ3) is 2.82. The first-order valence-corrected chi connectivity index (χ1v) is 6.38. The molecule has 0 spiro atoms. The minimum absolute atomic E-state index is 0.0501. The highest BCUT2D eigenvalue weighted by Gasteiger charge is 2.26. The SMILES string of the molecule is CC(C)C(O)CNC(=O)[C@@H]1Cc2ccccc2N1. The Bertz CT molecular complexity index is 407. The Morgan fingerprint density at radius 2 is 2.22 bits per heavy atom. The van der Waals surface area contributed by atoms with Crippen molar-refractivity contribution in [2.75, 3.05) is 11.9 Å². The first-order valence-electron chi connectivity index (χ1n) is 6.38. The monoisotopic (exact) mass is 248 g/mol. The van der Waals surface area contributed by atoms with Gasteiger partial charge in [0.15, 0.2) is 0 Å². The van der Waals surface area contributed by atoms with Gasteiger partial charge >= 0.3 is 0 Å². The summed E-state index contributed by atoms with van der Waals surface area (Å²) in [4.78, 5) is 12.0. The Hall–Kier alpha value is -1.55. The Morgan fingerprint density at radius 1 is 1.50 bits per heavy atom. The number of nitrogens with one attached hydrogen (secondary N) is 2. The van der Waals surface area contributed by atoms with E-state index in [0.29, 0.717) is 13.0 Å². The van der Waals surface area contributed by atoms with Crippen molar-refractivity contribution in [2.24, 2.45) is 5.92 Å². The maximum atomic E-state index is 12.0. The number of para-hydroxylation sites is 1. The zero-order chi connectivity index (χ0) is 13.1. The molecule has 0 radical (unpaired) electrons. The number of aliphatic hydroxyl groups is 1. The van der Waals surface area contributed by atoms with E-state index in [9.17, 15) is 9.90 Å². The quantitative estimate of drug-likeness (QED) is 0.749. The van der Waals surface area contributed by atoms with Crippen LogP contribution in [0, 0.1) is 5.92 Å². The second-order valence-electron chi connectivity index (χ2n) is 5.11. The summed E-state index contributed by atoms with van der Waals surface area (Å²) in [7, 11) is 0. The fourth-order valence-corrected chi connectivity index (χ4v) is 2.02. The molecule has 98 valence electrons. The molecule has 0 saturated carbocycles. The molecule has 4 heteroatoms. The molecule has 0 aromatic heterocycles. The summed E-state index contributed by atoms with van der Waals surface area (Å²) in [6.07, 6.45) is 0.220. The fraction of sp³-hybridized carbons (Fsp3) is 0.500. The molecule has 3 N–H and O–H groups in total. The maximum absolute atomic E-state index is 12.0. The van der Waals surface area contributed by atoms with Gasteiger partial charge in [-0.15, -0.1) is 0 Å². The van der Waals surface area contributed by atoms with Crippen LogP contribution in [0.25, 0.3) is 0 Å². The van der Waals surface area contributed by atoms with Crippen molar-refractivity contribution in [3.63, 3.8) is 0 Å². The number of benzene rings is 1. The van der Waals surface area contributed by atoms with E-state index in [-0.39, 0.29) is 17.9 Å². The maximum Gasteiger partial charge on any atom is 0.242 e. The number of rotatable bonds is 4. The molecule has 1 aromatic rings. The van der Waals surface area contributed by atoms with E-state index in [0.717, 1.165) is 5.69 Å². The Labute approximate surface area is 107 Å². The summed E-state index contributed by atoms with van der Waals surface area (Å²) in [5.41, 5.74) is 2.20. The van der Waals surface area contributed by atoms with Crippen LogP contribution in [-0.4, -0.2) is 29.7 Å². The van der Waals surface area contributed by atoms with Crippen molar-refractivity contribution in [3.05, 3.63) is 29.8 Å². The van der Waals surface area contributed by atoms with Gasteiger partial charge in [-0.3, -0.25) is 4.79 Å². The number of hydrogen-bond donors (Lipinski definition) is 3. The highest BCUT2D eigenvalue weighted by molar-refractivity contribution is 5.87. The lowest BCUT2D eigenvalue weighted by atomic mass is 10.1. The number of carbonyl (C=O) groups excluding carboxylic acids is 1. The number of hydrogen-bond acceptors (Lipinski definition) is 3. The summed E-state index contributed by atoms with van der Waals surface area (Å²) < 4.78 is 0. The molecule has 2 atom stereocenters. The number of carbonyl (C=O) groups is 1. The lowest BCUT2D eigenvalue weighted by Gasteiger charge is -2.17. The van der Waals surface area contributed by atoms with Crippen LogP contribution >= 0.6 is 0 Å². The zero-order valence-electron chi connectivity index (χ0n) is 10.8. The molecule has 1 amide bonds. The topological polar surface area (TPSA) is 61.4 Å². The molecule has 2 rings (SSSR count). The third-order valence-electron chi connectivity index (χ3n) is 3.34. The van der Waals surface area contributed by atoms with Crippen molar-refractivity contribution in [3.8, 4) is 0 Å². The number of amides is 1. The Morgan fingerprint density at radius 3 is 2.89 bits per heavy atom. The molecule has 1 heterocycles. The van der Waals surface area contributed by atoms with Gasteiger partial charge in [0, 0.05) is 18.7 Å². The second kappa shape index (κ2) is 5.40. The van der Waals surface area contributed by atoms with Crippen LogP contribution in [0.2, 0.25) is 0 Å². The summed E-state index contributed by atoms with van der Waals surface area (Å²) in [6.45, 7) is 4.17. The highest BCUT2D eigenvalue weighted by atomic mass is 16.3. The van der Waals surface area contributed by atoms with Crippen molar-refractivity contribution in [1.29, 1.82) is 0 Å². The van der Waals surface area contributed by atoms with Crippen molar-refractivity contribution in [1.82, 2.24) is 5.32 Å². The molecule has 1 aliphatic heterocycles. The van der Waals surface area contributed by atoms with Crippen molar-refractivity contribution < 1.29 is 9.90 Å². The number of anilines is 1. The summed E-state index contributed by atoms with van der Waals surface area (Å²) in [5, 5.41) is 15.6. The lowest BCUT2D eigenvalue weighted by Crippen LogP contribution is -2.42. The minimum Gasteiger partial charge on any atom is -0.391 e. The van der Waals surface area contributed by atoms with E-state index in [4.69, 9.17) is 0 Å². The largest absolute Gasteiger partial charge is 0.391 e. The van der Waals surface area contributed by atoms with Gasteiger partial charge in [0.1, 0.15) is 6.04 Å². The molecule has 1 aromatic carbocycles. The summed E-state index contributed by atoms with van der Waals surface area (Å²) in [5.74, 6) is 0.102. The molecule has 1 unspecified atom stereocenters. The van der Waals surface area contributed by atoms with E-state index in [2.05, 4.69) is 10.6 Å². The van der Waals surface area contributed by atoms with Gasteiger partial charge < -0.3 is 15.7 Å². The lowest BCUT2D eigenvalue weighted by molar-refractivity contribution is -0.122. The predicted octanol–water partition coefficient (Wildman–Crippen LogP) is 1.16. The summed E-state index contributed by atoms with van der Waals surface area (Å²) >= 11 is 0. The van der Waals surface area contributed by atoms with Crippen LogP contribution < -0.4 is 10.6 Å². The van der Waals surface area contributed by atoms with Gasteiger partial charge in [-0.1, -0.05) is 32.0 Å². The highest BCUT2D eigenvalue weighted by Crippen LogP contribution is 2.24. The fourth-order valence-electron chi connectivity index (χ4n) is 2.02. The standard InChI is InChI=1S/C14H20N2O2/c1-9(2)13(17)8-15-14(18)12-7-10-5-3-4-6-11(10)16-12/h3-6,9,12-13,16-17H,7-8H2,1-2H3,(H,15,18)/t12-,13?/m0/s1. The van der Waals surface area contributed by atoms with Crippen LogP contribution in [0.4, 0.5) is 5.69 Å². The molecule has 4 nitrogen and oxygen atoms in total. The van der Waals surface area contributed by atoms with Crippen LogP contribution in [-0.2, 0) is 11.2 Å². The van der Waals surface area contributed by atoms with Crippen LogP contribution in [0.3, 0.4) is 0 Å². The Kier molecular flexibility index (Phi) is 3.87. The van der Waals surface area contributed by atoms with Gasteiger partial charge in [-0.2, -0.15) is 0 Å². The predicted molar refractivity (Wildman–Crippen MR) is 71.4 cm³/mol. The van der Waals surface area contributed by atoms with Crippen LogP contribution in [0.15, 0.2) is 24.3 Å². The molecule has 0 aliphatic carbocycles. The van der Waals surface area contributed by atoms with E-state index < -0.39 is 6.10 Å². The average Bonchev–Trinajstić information content (AvgIpc) is 2.79. The number of aliphatic hydroxyl groups excluding tert-OH is 1. The third-order valence-corrected chi connectivity index (χ3v) is 3.34. The number of fused-ring (bicyclic) bond motifs is 1. The molecular formula is C14H20N2O2. The van der Waals surface area contributed by atoms with Gasteiger partial charge in [-0.05, 0) is 17.5 Å². The van der Waals surface area contributed by atoms with Crippen LogP contribution in [0.5, 0.6) is 0 Å². The normalized spacial score (nSPS) is 19.2. The molecule has 0 saturated heterocycles. The molecular weight excluding hydrogens is 228 g/mol. The summed E-state index contributed by atoms with van der Waals surface area (Å²) in [6, 6.07) is 7.71. The van der Waals surface area contributed by atoms with Crippen molar-refractivity contribution >= 4 is 11.6 Å². The molecule has 0 fully saturated rings. The van der Waals surface area contributed by atoms with Gasteiger partial charge in [0.25, 0.3) is 0 Å². The van der Waals surface area contributed by atoms with Gasteiger partial charge in [0.05, 0.1) is 6.10 Å². The first-order chi connectivity index (χ1) is 8.58. The van der Waals surface area contributed by atoms with Crippen LogP contribution in [0.1, 0.15) is 19.4 Å². The van der Waals surface area contributed by atoms with Gasteiger partial charge in [0.2, 0.25) is 5.91 Å². The molecule has 1 aliphatic rings. The molecule has 18 heavy (non-hydrogen) atoms.